The van der Waals surface area contributed by atoms with Gasteiger partial charge in [0.25, 0.3) is 11.5 Å². The second kappa shape index (κ2) is 5.22. The summed E-state index contributed by atoms with van der Waals surface area (Å²) in [5, 5.41) is 21.6. The van der Waals surface area contributed by atoms with Crippen LogP contribution in [0.3, 0.4) is 0 Å². The Balaban J connectivity index is 2.09. The van der Waals surface area contributed by atoms with E-state index in [9.17, 15) is 19.8 Å². The standard InChI is InChI=1S/C12H16N2O4/c15-9-4-2-1-3-8(9)13-12(18)7-5-10(16)14-11(17)6-7/h5-6,8-9,15H,1-4H2,(H,13,18)(H2,14,16,17)/t8-,9-/m1/s1. The molecule has 18 heavy (non-hydrogen) atoms. The van der Waals surface area contributed by atoms with Crippen LogP contribution in [0.4, 0.5) is 0 Å². The monoisotopic (exact) mass is 252 g/mol. The molecule has 0 unspecified atom stereocenters. The van der Waals surface area contributed by atoms with Crippen molar-refractivity contribution in [3.8, 4) is 5.88 Å². The van der Waals surface area contributed by atoms with E-state index in [4.69, 9.17) is 0 Å². The maximum absolute atomic E-state index is 11.9. The summed E-state index contributed by atoms with van der Waals surface area (Å²) in [6, 6.07) is 2.02. The first-order chi connectivity index (χ1) is 8.56. The number of H-pyrrole nitrogens is 1. The quantitative estimate of drug-likeness (QED) is 0.600. The van der Waals surface area contributed by atoms with Crippen LogP contribution >= 0.6 is 0 Å². The van der Waals surface area contributed by atoms with Crippen LogP contribution in [0, 0.1) is 0 Å². The molecule has 1 saturated carbocycles. The van der Waals surface area contributed by atoms with Gasteiger partial charge in [0.05, 0.1) is 17.7 Å². The maximum atomic E-state index is 11.9. The molecule has 4 N–H and O–H groups in total. The van der Waals surface area contributed by atoms with Gasteiger partial charge in [0.15, 0.2) is 5.88 Å². The van der Waals surface area contributed by atoms with Gasteiger partial charge in [-0.25, -0.2) is 0 Å². The summed E-state index contributed by atoms with van der Waals surface area (Å²) in [6.07, 6.45) is 2.77. The summed E-state index contributed by atoms with van der Waals surface area (Å²) < 4.78 is 0. The van der Waals surface area contributed by atoms with Crippen LogP contribution in [0.25, 0.3) is 0 Å². The molecule has 1 fully saturated rings. The lowest BCUT2D eigenvalue weighted by Gasteiger charge is -2.28. The number of aromatic nitrogens is 1. The molecular formula is C12H16N2O4. The molecular weight excluding hydrogens is 236 g/mol. The highest BCUT2D eigenvalue weighted by Crippen LogP contribution is 2.18. The predicted octanol–water partition coefficient (Wildman–Crippen LogP) is 0.114. The van der Waals surface area contributed by atoms with Gasteiger partial charge < -0.3 is 15.5 Å². The molecule has 0 bridgehead atoms. The number of rotatable bonds is 2. The highest BCUT2D eigenvalue weighted by molar-refractivity contribution is 5.94. The molecule has 1 aromatic rings. The largest absolute Gasteiger partial charge is 0.494 e. The van der Waals surface area contributed by atoms with Crippen LogP contribution in [0.1, 0.15) is 36.0 Å². The van der Waals surface area contributed by atoms with E-state index in [2.05, 4.69) is 10.3 Å². The predicted molar refractivity (Wildman–Crippen MR) is 64.5 cm³/mol. The number of carbonyl (C=O) groups excluding carboxylic acids is 1. The number of aromatic amines is 1. The molecule has 0 saturated heterocycles. The highest BCUT2D eigenvalue weighted by Gasteiger charge is 2.25. The molecule has 1 aliphatic rings. The van der Waals surface area contributed by atoms with Crippen molar-refractivity contribution in [2.45, 2.75) is 37.8 Å². The number of amides is 1. The zero-order valence-corrected chi connectivity index (χ0v) is 9.85. The van der Waals surface area contributed by atoms with E-state index >= 15 is 0 Å². The maximum Gasteiger partial charge on any atom is 0.251 e. The van der Waals surface area contributed by atoms with Crippen molar-refractivity contribution in [3.63, 3.8) is 0 Å². The van der Waals surface area contributed by atoms with Gasteiger partial charge in [-0.05, 0) is 12.8 Å². The van der Waals surface area contributed by atoms with Crippen molar-refractivity contribution < 1.29 is 15.0 Å². The molecule has 0 spiro atoms. The summed E-state index contributed by atoms with van der Waals surface area (Å²) in [5.74, 6) is -0.806. The minimum absolute atomic E-state index is 0.0917. The van der Waals surface area contributed by atoms with Gasteiger partial charge in [-0.3, -0.25) is 14.6 Å². The van der Waals surface area contributed by atoms with Crippen molar-refractivity contribution in [1.29, 1.82) is 0 Å². The molecule has 1 aromatic heterocycles. The molecule has 1 aliphatic carbocycles. The minimum atomic E-state index is -0.543. The first-order valence-electron chi connectivity index (χ1n) is 5.98. The normalized spacial score (nSPS) is 23.6. The average Bonchev–Trinajstić information content (AvgIpc) is 2.31. The molecule has 98 valence electrons. The van der Waals surface area contributed by atoms with Crippen molar-refractivity contribution >= 4 is 5.91 Å². The van der Waals surface area contributed by atoms with Crippen LogP contribution in [0.5, 0.6) is 5.88 Å². The number of hydrogen-bond acceptors (Lipinski definition) is 4. The van der Waals surface area contributed by atoms with Crippen LogP contribution in [0.15, 0.2) is 16.9 Å². The summed E-state index contributed by atoms with van der Waals surface area (Å²) in [4.78, 5) is 25.2. The van der Waals surface area contributed by atoms with Gasteiger partial charge in [0, 0.05) is 12.1 Å². The minimum Gasteiger partial charge on any atom is -0.494 e. The van der Waals surface area contributed by atoms with E-state index in [1.807, 2.05) is 0 Å². The second-order valence-corrected chi connectivity index (χ2v) is 4.55. The summed E-state index contributed by atoms with van der Waals surface area (Å²) in [7, 11) is 0. The lowest BCUT2D eigenvalue weighted by Crippen LogP contribution is -2.45. The fourth-order valence-corrected chi connectivity index (χ4v) is 2.19. The van der Waals surface area contributed by atoms with E-state index in [1.54, 1.807) is 0 Å². The topological polar surface area (TPSA) is 102 Å². The van der Waals surface area contributed by atoms with Crippen LogP contribution in [-0.4, -0.2) is 33.3 Å². The zero-order chi connectivity index (χ0) is 13.1. The van der Waals surface area contributed by atoms with E-state index in [0.29, 0.717) is 6.42 Å². The zero-order valence-electron chi connectivity index (χ0n) is 9.85. The summed E-state index contributed by atoms with van der Waals surface area (Å²) in [6.45, 7) is 0. The van der Waals surface area contributed by atoms with Crippen LogP contribution < -0.4 is 10.9 Å². The molecule has 1 amide bonds. The second-order valence-electron chi connectivity index (χ2n) is 4.55. The van der Waals surface area contributed by atoms with Gasteiger partial charge in [0.2, 0.25) is 0 Å². The lowest BCUT2D eigenvalue weighted by atomic mass is 9.92. The summed E-state index contributed by atoms with van der Waals surface area (Å²) in [5.41, 5.74) is -0.446. The number of nitrogens with one attached hydrogen (secondary N) is 2. The Bertz CT molecular complexity index is 497. The number of carbonyl (C=O) groups is 1. The highest BCUT2D eigenvalue weighted by atomic mass is 16.3. The van der Waals surface area contributed by atoms with Crippen molar-refractivity contribution in [1.82, 2.24) is 10.3 Å². The number of pyridine rings is 1. The van der Waals surface area contributed by atoms with Gasteiger partial charge in [0.1, 0.15) is 0 Å². The third kappa shape index (κ3) is 2.89. The Kier molecular flexibility index (Phi) is 3.66. The first kappa shape index (κ1) is 12.6. The Labute approximate surface area is 104 Å². The molecule has 0 aromatic carbocycles. The third-order valence-electron chi connectivity index (χ3n) is 3.14. The SMILES string of the molecule is O=C(N[C@@H]1CCCC[C@H]1O)c1cc(O)[nH]c(=O)c1. The number of hydrogen-bond donors (Lipinski definition) is 4. The first-order valence-corrected chi connectivity index (χ1v) is 5.98. The molecule has 6 nitrogen and oxygen atoms in total. The fraction of sp³-hybridized carbons (Fsp3) is 0.500. The Morgan fingerprint density at radius 1 is 1.33 bits per heavy atom. The smallest absolute Gasteiger partial charge is 0.251 e. The van der Waals surface area contributed by atoms with Crippen molar-refractivity contribution in [3.05, 3.63) is 28.0 Å². The molecule has 1 heterocycles. The number of aliphatic hydroxyl groups excluding tert-OH is 1. The van der Waals surface area contributed by atoms with Crippen LogP contribution in [0.2, 0.25) is 0 Å². The van der Waals surface area contributed by atoms with Crippen LogP contribution in [-0.2, 0) is 0 Å². The van der Waals surface area contributed by atoms with Gasteiger partial charge in [-0.2, -0.15) is 0 Å². The third-order valence-corrected chi connectivity index (χ3v) is 3.14. The molecule has 2 atom stereocenters. The van der Waals surface area contributed by atoms with Gasteiger partial charge in [-0.1, -0.05) is 12.8 Å². The Hall–Kier alpha value is -1.82. The lowest BCUT2D eigenvalue weighted by molar-refractivity contribution is 0.0717. The fourth-order valence-electron chi connectivity index (χ4n) is 2.19. The summed E-state index contributed by atoms with van der Waals surface area (Å²) >= 11 is 0. The van der Waals surface area contributed by atoms with E-state index in [1.165, 1.54) is 6.07 Å². The average molecular weight is 252 g/mol. The van der Waals surface area contributed by atoms with E-state index in [0.717, 1.165) is 25.3 Å². The van der Waals surface area contributed by atoms with Gasteiger partial charge in [-0.15, -0.1) is 0 Å². The Morgan fingerprint density at radius 2 is 2.06 bits per heavy atom. The van der Waals surface area contributed by atoms with Gasteiger partial charge >= 0.3 is 0 Å². The van der Waals surface area contributed by atoms with Crippen molar-refractivity contribution in [2.24, 2.45) is 0 Å². The molecule has 2 rings (SSSR count). The van der Waals surface area contributed by atoms with E-state index in [-0.39, 0.29) is 17.5 Å². The van der Waals surface area contributed by atoms with E-state index < -0.39 is 17.6 Å². The molecule has 0 aliphatic heterocycles. The van der Waals surface area contributed by atoms with Crippen molar-refractivity contribution in [2.75, 3.05) is 0 Å². The molecule has 0 radical (unpaired) electrons. The number of aliphatic hydroxyl groups is 1. The molecule has 6 heteroatoms. The Morgan fingerprint density at radius 3 is 2.72 bits per heavy atom. The number of aromatic hydroxyl groups is 1.